The van der Waals surface area contributed by atoms with Crippen molar-refractivity contribution in [2.45, 2.75) is 39.7 Å². The predicted octanol–water partition coefficient (Wildman–Crippen LogP) is 4.63. The zero-order chi connectivity index (χ0) is 16.5. The second kappa shape index (κ2) is 5.75. The van der Waals surface area contributed by atoms with Crippen LogP contribution in [-0.2, 0) is 12.0 Å². The molecule has 0 fully saturated rings. The lowest BCUT2D eigenvalue weighted by atomic mass is 9.84. The van der Waals surface area contributed by atoms with Crippen LogP contribution in [-0.4, -0.2) is 12.2 Å². The minimum Gasteiger partial charge on any atom is -0.627 e. The summed E-state index contributed by atoms with van der Waals surface area (Å²) in [6.07, 6.45) is 0. The van der Waals surface area contributed by atoms with Crippen LogP contribution in [0.25, 0.3) is 0 Å². The predicted molar refractivity (Wildman–Crippen MR) is 92.8 cm³/mol. The Morgan fingerprint density at radius 1 is 1.09 bits per heavy atom. The second-order valence-electron chi connectivity index (χ2n) is 7.16. The van der Waals surface area contributed by atoms with E-state index in [4.69, 9.17) is 0 Å². The molecule has 0 spiro atoms. The third-order valence-corrected chi connectivity index (χ3v) is 3.92. The number of phenols is 1. The van der Waals surface area contributed by atoms with Gasteiger partial charge >= 0.3 is 0 Å². The highest BCUT2D eigenvalue weighted by atomic mass is 16.5. The Labute approximate surface area is 133 Å². The van der Waals surface area contributed by atoms with Gasteiger partial charge < -0.3 is 15.0 Å². The van der Waals surface area contributed by atoms with Crippen molar-refractivity contribution in [1.82, 2.24) is 4.65 Å². The standard InChI is InChI=1S/C19H25NO2/c1-14-11-15(18(21)17(12-14)19(2,3)4)13-20(5,22)16-9-7-6-8-10-16/h6-12,21H,13H2,1-5H3. The van der Waals surface area contributed by atoms with E-state index in [1.807, 2.05) is 49.4 Å². The van der Waals surface area contributed by atoms with Gasteiger partial charge in [0.2, 0.25) is 0 Å². The summed E-state index contributed by atoms with van der Waals surface area (Å²) in [5.74, 6) is 0.245. The first kappa shape index (κ1) is 16.5. The molecule has 118 valence electrons. The van der Waals surface area contributed by atoms with Gasteiger partial charge in [0.15, 0.2) is 0 Å². The van der Waals surface area contributed by atoms with Crippen molar-refractivity contribution in [2.75, 3.05) is 7.05 Å². The van der Waals surface area contributed by atoms with Gasteiger partial charge in [0, 0.05) is 5.56 Å². The third-order valence-electron chi connectivity index (χ3n) is 3.92. The van der Waals surface area contributed by atoms with Gasteiger partial charge in [-0.05, 0) is 36.1 Å². The lowest BCUT2D eigenvalue weighted by Gasteiger charge is -2.38. The zero-order valence-corrected chi connectivity index (χ0v) is 14.1. The van der Waals surface area contributed by atoms with Gasteiger partial charge in [0.25, 0.3) is 0 Å². The average Bonchev–Trinajstić information content (AvgIpc) is 2.42. The van der Waals surface area contributed by atoms with Gasteiger partial charge in [-0.2, -0.15) is 0 Å². The first-order valence-corrected chi connectivity index (χ1v) is 7.56. The largest absolute Gasteiger partial charge is 0.627 e. The molecule has 0 amide bonds. The van der Waals surface area contributed by atoms with Crippen molar-refractivity contribution in [3.8, 4) is 5.75 Å². The van der Waals surface area contributed by atoms with Crippen LogP contribution in [0.1, 0.15) is 37.5 Å². The SMILES string of the molecule is Cc1cc(C[N+](C)([O-])c2ccccc2)c(O)c(C(C)(C)C)c1. The van der Waals surface area contributed by atoms with Crippen LogP contribution in [0.4, 0.5) is 5.69 Å². The summed E-state index contributed by atoms with van der Waals surface area (Å²) in [4.78, 5) is 0. The van der Waals surface area contributed by atoms with E-state index in [2.05, 4.69) is 20.8 Å². The molecule has 0 aliphatic rings. The molecule has 0 radical (unpaired) electrons. The third kappa shape index (κ3) is 3.49. The number of para-hydroxylation sites is 1. The number of nitrogens with zero attached hydrogens (tertiary/aromatic N) is 1. The van der Waals surface area contributed by atoms with Crippen LogP contribution in [0, 0.1) is 12.1 Å². The molecule has 0 aliphatic heterocycles. The number of phenolic OH excluding ortho intramolecular Hbond substituents is 1. The van der Waals surface area contributed by atoms with Crippen LogP contribution in [0.5, 0.6) is 5.75 Å². The molecule has 1 unspecified atom stereocenters. The Morgan fingerprint density at radius 3 is 2.23 bits per heavy atom. The van der Waals surface area contributed by atoms with E-state index in [0.29, 0.717) is 11.3 Å². The number of benzene rings is 2. The van der Waals surface area contributed by atoms with E-state index in [9.17, 15) is 10.3 Å². The molecule has 2 aromatic rings. The molecule has 0 aliphatic carbocycles. The Morgan fingerprint density at radius 2 is 1.68 bits per heavy atom. The molecule has 0 aromatic heterocycles. The molecule has 1 N–H and O–H groups in total. The molecule has 2 rings (SSSR count). The maximum Gasteiger partial charge on any atom is 0.132 e. The fourth-order valence-corrected chi connectivity index (χ4v) is 2.71. The van der Waals surface area contributed by atoms with Crippen molar-refractivity contribution in [1.29, 1.82) is 0 Å². The highest BCUT2D eigenvalue weighted by Crippen LogP contribution is 2.36. The smallest absolute Gasteiger partial charge is 0.132 e. The number of quaternary nitrogens is 1. The number of aromatic hydroxyl groups is 1. The monoisotopic (exact) mass is 299 g/mol. The highest BCUT2D eigenvalue weighted by molar-refractivity contribution is 5.50. The van der Waals surface area contributed by atoms with Crippen LogP contribution in [0.15, 0.2) is 42.5 Å². The summed E-state index contributed by atoms with van der Waals surface area (Å²) in [7, 11) is 1.62. The minimum absolute atomic E-state index is 0.163. The summed E-state index contributed by atoms with van der Waals surface area (Å²) in [6.45, 7) is 8.39. The first-order valence-electron chi connectivity index (χ1n) is 7.56. The van der Waals surface area contributed by atoms with Gasteiger partial charge in [0.05, 0.1) is 7.05 Å². The Kier molecular flexibility index (Phi) is 4.32. The highest BCUT2D eigenvalue weighted by Gasteiger charge is 2.24. The second-order valence-corrected chi connectivity index (χ2v) is 7.16. The molecule has 0 saturated heterocycles. The summed E-state index contributed by atoms with van der Waals surface area (Å²) in [5.41, 5.74) is 3.16. The molecule has 22 heavy (non-hydrogen) atoms. The molecule has 3 nitrogen and oxygen atoms in total. The topological polar surface area (TPSA) is 43.3 Å². The van der Waals surface area contributed by atoms with Crippen LogP contribution in [0.2, 0.25) is 0 Å². The van der Waals surface area contributed by atoms with Crippen molar-refractivity contribution >= 4 is 5.69 Å². The van der Waals surface area contributed by atoms with E-state index in [1.54, 1.807) is 7.05 Å². The number of hydrogen-bond donors (Lipinski definition) is 1. The average molecular weight is 299 g/mol. The van der Waals surface area contributed by atoms with Gasteiger partial charge in [-0.15, -0.1) is 0 Å². The maximum absolute atomic E-state index is 12.9. The van der Waals surface area contributed by atoms with Crippen molar-refractivity contribution in [3.05, 3.63) is 64.4 Å². The summed E-state index contributed by atoms with van der Waals surface area (Å²) in [5, 5.41) is 23.5. The van der Waals surface area contributed by atoms with E-state index in [-0.39, 0.29) is 17.7 Å². The first-order chi connectivity index (χ1) is 10.1. The van der Waals surface area contributed by atoms with Crippen molar-refractivity contribution in [3.63, 3.8) is 0 Å². The summed E-state index contributed by atoms with van der Waals surface area (Å²) in [6, 6.07) is 13.2. The van der Waals surface area contributed by atoms with Gasteiger partial charge in [0.1, 0.15) is 18.0 Å². The molecule has 3 heteroatoms. The number of rotatable bonds is 3. The van der Waals surface area contributed by atoms with Crippen LogP contribution < -0.4 is 4.65 Å². The van der Waals surface area contributed by atoms with Gasteiger partial charge in [-0.25, -0.2) is 0 Å². The van der Waals surface area contributed by atoms with E-state index in [0.717, 1.165) is 11.1 Å². The lowest BCUT2D eigenvalue weighted by Crippen LogP contribution is -2.37. The summed E-state index contributed by atoms with van der Waals surface area (Å²) >= 11 is 0. The van der Waals surface area contributed by atoms with Crippen LogP contribution in [0.3, 0.4) is 0 Å². The van der Waals surface area contributed by atoms with Crippen molar-refractivity contribution in [2.24, 2.45) is 0 Å². The van der Waals surface area contributed by atoms with E-state index in [1.165, 1.54) is 0 Å². The van der Waals surface area contributed by atoms with Crippen molar-refractivity contribution < 1.29 is 5.11 Å². The maximum atomic E-state index is 12.9. The Hall–Kier alpha value is -1.84. The molecular formula is C19H25NO2. The molecular weight excluding hydrogens is 274 g/mol. The van der Waals surface area contributed by atoms with E-state index >= 15 is 0 Å². The summed E-state index contributed by atoms with van der Waals surface area (Å²) < 4.78 is -0.540. The van der Waals surface area contributed by atoms with Gasteiger partial charge in [-0.3, -0.25) is 0 Å². The number of hydrogen-bond acceptors (Lipinski definition) is 2. The molecule has 0 heterocycles. The fraction of sp³-hybridized carbons (Fsp3) is 0.368. The zero-order valence-electron chi connectivity index (χ0n) is 14.1. The lowest BCUT2D eigenvalue weighted by molar-refractivity contribution is 0.402. The quantitative estimate of drug-likeness (QED) is 0.663. The number of aryl methyl sites for hydroxylation is 1. The molecule has 0 bridgehead atoms. The molecule has 2 aromatic carbocycles. The fourth-order valence-electron chi connectivity index (χ4n) is 2.71. The number of hydroxylamine groups is 2. The normalized spacial score (nSPS) is 14.6. The minimum atomic E-state index is -0.540. The molecule has 0 saturated carbocycles. The van der Waals surface area contributed by atoms with Crippen LogP contribution >= 0.6 is 0 Å². The molecule has 1 atom stereocenters. The Bertz CT molecular complexity index is 655. The van der Waals surface area contributed by atoms with E-state index < -0.39 is 4.65 Å². The Balaban J connectivity index is 2.44. The van der Waals surface area contributed by atoms with Gasteiger partial charge in [-0.1, -0.05) is 50.6 Å².